The van der Waals surface area contributed by atoms with E-state index in [-0.39, 0.29) is 22.7 Å². The fraction of sp³-hybridized carbons (Fsp3) is 0.133. The molecule has 2 aromatic rings. The van der Waals surface area contributed by atoms with Gasteiger partial charge in [-0.25, -0.2) is 17.9 Å². The van der Waals surface area contributed by atoms with Gasteiger partial charge in [-0.1, -0.05) is 18.2 Å². The SMILES string of the molecule is O=C(O)c1cccc(S(=O)(=O)NCCc2ccc([N+](=O)[O-])cc2)c1. The predicted molar refractivity (Wildman–Crippen MR) is 85.4 cm³/mol. The zero-order valence-corrected chi connectivity index (χ0v) is 13.2. The van der Waals surface area contributed by atoms with Crippen molar-refractivity contribution in [3.05, 3.63) is 69.8 Å². The van der Waals surface area contributed by atoms with Crippen LogP contribution in [0.25, 0.3) is 0 Å². The van der Waals surface area contributed by atoms with E-state index in [1.807, 2.05) is 0 Å². The predicted octanol–water partition coefficient (Wildman–Crippen LogP) is 1.81. The lowest BCUT2D eigenvalue weighted by atomic mass is 10.1. The lowest BCUT2D eigenvalue weighted by molar-refractivity contribution is -0.384. The Labute approximate surface area is 138 Å². The quantitative estimate of drug-likeness (QED) is 0.579. The van der Waals surface area contributed by atoms with Gasteiger partial charge in [0.1, 0.15) is 0 Å². The first-order chi connectivity index (χ1) is 11.3. The summed E-state index contributed by atoms with van der Waals surface area (Å²) >= 11 is 0. The van der Waals surface area contributed by atoms with Gasteiger partial charge in [-0.05, 0) is 30.2 Å². The van der Waals surface area contributed by atoms with Gasteiger partial charge >= 0.3 is 5.97 Å². The Kier molecular flexibility index (Phi) is 5.27. The van der Waals surface area contributed by atoms with E-state index >= 15 is 0 Å². The second kappa shape index (κ2) is 7.20. The van der Waals surface area contributed by atoms with E-state index in [1.165, 1.54) is 30.3 Å². The standard InChI is InChI=1S/C15H14N2O6S/c18-15(19)12-2-1-3-14(10-12)24(22,23)16-9-8-11-4-6-13(7-5-11)17(20)21/h1-7,10,16H,8-9H2,(H,18,19). The average molecular weight is 350 g/mol. The number of nitrogens with zero attached hydrogens (tertiary/aromatic N) is 1. The van der Waals surface area contributed by atoms with Crippen LogP contribution in [-0.2, 0) is 16.4 Å². The molecule has 8 nitrogen and oxygen atoms in total. The number of nitrogens with one attached hydrogen (secondary N) is 1. The van der Waals surface area contributed by atoms with Crippen molar-refractivity contribution < 1.29 is 23.2 Å². The highest BCUT2D eigenvalue weighted by molar-refractivity contribution is 7.89. The molecule has 0 radical (unpaired) electrons. The van der Waals surface area contributed by atoms with Crippen LogP contribution in [0.4, 0.5) is 5.69 Å². The molecule has 0 saturated carbocycles. The Bertz CT molecular complexity index is 862. The number of non-ortho nitro benzene ring substituents is 1. The minimum Gasteiger partial charge on any atom is -0.478 e. The van der Waals surface area contributed by atoms with Crippen LogP contribution in [0.1, 0.15) is 15.9 Å². The van der Waals surface area contributed by atoms with Gasteiger partial charge in [0.05, 0.1) is 15.4 Å². The number of benzene rings is 2. The first-order valence-electron chi connectivity index (χ1n) is 6.86. The molecule has 0 unspecified atom stereocenters. The molecule has 0 atom stereocenters. The number of carboxylic acids is 1. The summed E-state index contributed by atoms with van der Waals surface area (Å²) in [5, 5.41) is 19.5. The summed E-state index contributed by atoms with van der Waals surface area (Å²) in [6.45, 7) is 0.0808. The molecule has 0 aliphatic heterocycles. The molecule has 126 valence electrons. The summed E-state index contributed by atoms with van der Waals surface area (Å²) in [5.41, 5.74) is 0.584. The average Bonchev–Trinajstić information content (AvgIpc) is 2.55. The Balaban J connectivity index is 2.01. The van der Waals surface area contributed by atoms with E-state index in [2.05, 4.69) is 4.72 Å². The van der Waals surface area contributed by atoms with E-state index < -0.39 is 20.9 Å². The molecule has 2 aromatic carbocycles. The number of aromatic carboxylic acids is 1. The van der Waals surface area contributed by atoms with Crippen molar-refractivity contribution in [1.82, 2.24) is 4.72 Å². The molecule has 0 aliphatic rings. The van der Waals surface area contributed by atoms with E-state index in [1.54, 1.807) is 12.1 Å². The zero-order valence-electron chi connectivity index (χ0n) is 12.4. The first kappa shape index (κ1) is 17.6. The first-order valence-corrected chi connectivity index (χ1v) is 8.34. The molecule has 0 spiro atoms. The van der Waals surface area contributed by atoms with Crippen LogP contribution in [-0.4, -0.2) is 31.0 Å². The molecule has 2 N–H and O–H groups in total. The van der Waals surface area contributed by atoms with Crippen molar-refractivity contribution in [3.8, 4) is 0 Å². The monoisotopic (exact) mass is 350 g/mol. The Hall–Kier alpha value is -2.78. The number of hydrogen-bond acceptors (Lipinski definition) is 5. The third-order valence-electron chi connectivity index (χ3n) is 3.24. The molecule has 0 aliphatic carbocycles. The van der Waals surface area contributed by atoms with Crippen LogP contribution in [0.3, 0.4) is 0 Å². The number of nitro benzene ring substituents is 1. The maximum atomic E-state index is 12.1. The number of nitro groups is 1. The number of rotatable bonds is 7. The minimum atomic E-state index is -3.83. The molecule has 0 aromatic heterocycles. The van der Waals surface area contributed by atoms with E-state index in [9.17, 15) is 23.3 Å². The van der Waals surface area contributed by atoms with E-state index in [0.29, 0.717) is 6.42 Å². The van der Waals surface area contributed by atoms with Crippen LogP contribution >= 0.6 is 0 Å². The van der Waals surface area contributed by atoms with Crippen molar-refractivity contribution in [3.63, 3.8) is 0 Å². The molecular weight excluding hydrogens is 336 g/mol. The van der Waals surface area contributed by atoms with Gasteiger partial charge in [-0.3, -0.25) is 10.1 Å². The van der Waals surface area contributed by atoms with Crippen molar-refractivity contribution >= 4 is 21.7 Å². The van der Waals surface area contributed by atoms with Crippen LogP contribution < -0.4 is 4.72 Å². The van der Waals surface area contributed by atoms with E-state index in [0.717, 1.165) is 11.6 Å². The summed E-state index contributed by atoms with van der Waals surface area (Å²) in [4.78, 5) is 20.8. The fourth-order valence-electron chi connectivity index (χ4n) is 1.99. The number of sulfonamides is 1. The van der Waals surface area contributed by atoms with Crippen LogP contribution in [0.15, 0.2) is 53.4 Å². The smallest absolute Gasteiger partial charge is 0.335 e. The molecule has 24 heavy (non-hydrogen) atoms. The molecule has 0 fully saturated rings. The van der Waals surface area contributed by atoms with Crippen molar-refractivity contribution in [2.45, 2.75) is 11.3 Å². The maximum absolute atomic E-state index is 12.1. The largest absolute Gasteiger partial charge is 0.478 e. The number of carbonyl (C=O) groups is 1. The summed E-state index contributed by atoms with van der Waals surface area (Å²) in [5.74, 6) is -1.21. The molecule has 0 bridgehead atoms. The highest BCUT2D eigenvalue weighted by atomic mass is 32.2. The van der Waals surface area contributed by atoms with Gasteiger partial charge in [0.15, 0.2) is 0 Å². The van der Waals surface area contributed by atoms with Crippen molar-refractivity contribution in [2.75, 3.05) is 6.54 Å². The second-order valence-corrected chi connectivity index (χ2v) is 6.67. The summed E-state index contributed by atoms with van der Waals surface area (Å²) < 4.78 is 26.7. The highest BCUT2D eigenvalue weighted by Crippen LogP contribution is 2.13. The minimum absolute atomic E-state index is 0.0372. The van der Waals surface area contributed by atoms with Gasteiger partial charge in [-0.2, -0.15) is 0 Å². The molecular formula is C15H14N2O6S. The topological polar surface area (TPSA) is 127 Å². The zero-order chi connectivity index (χ0) is 17.7. The van der Waals surface area contributed by atoms with Gasteiger partial charge < -0.3 is 5.11 Å². The highest BCUT2D eigenvalue weighted by Gasteiger charge is 2.15. The maximum Gasteiger partial charge on any atom is 0.335 e. The summed E-state index contributed by atoms with van der Waals surface area (Å²) in [7, 11) is -3.83. The summed E-state index contributed by atoms with van der Waals surface area (Å²) in [6, 6.07) is 10.8. The van der Waals surface area contributed by atoms with Gasteiger partial charge in [0, 0.05) is 18.7 Å². The molecule has 9 heteroatoms. The Morgan fingerprint density at radius 3 is 2.42 bits per heavy atom. The Morgan fingerprint density at radius 2 is 1.83 bits per heavy atom. The third kappa shape index (κ3) is 4.37. The molecule has 0 amide bonds. The number of carboxylic acid groups (broad SMARTS) is 1. The fourth-order valence-corrected chi connectivity index (χ4v) is 3.07. The van der Waals surface area contributed by atoms with Gasteiger partial charge in [0.2, 0.25) is 10.0 Å². The summed E-state index contributed by atoms with van der Waals surface area (Å²) in [6.07, 6.45) is 0.343. The number of hydrogen-bond donors (Lipinski definition) is 2. The molecule has 0 heterocycles. The third-order valence-corrected chi connectivity index (χ3v) is 4.70. The lowest BCUT2D eigenvalue weighted by Gasteiger charge is -2.07. The van der Waals surface area contributed by atoms with Crippen LogP contribution in [0, 0.1) is 10.1 Å². The lowest BCUT2D eigenvalue weighted by Crippen LogP contribution is -2.26. The van der Waals surface area contributed by atoms with Crippen LogP contribution in [0.2, 0.25) is 0 Å². The Morgan fingerprint density at radius 1 is 1.17 bits per heavy atom. The van der Waals surface area contributed by atoms with Gasteiger partial charge in [-0.15, -0.1) is 0 Å². The van der Waals surface area contributed by atoms with Crippen molar-refractivity contribution in [1.29, 1.82) is 0 Å². The second-order valence-electron chi connectivity index (χ2n) is 4.90. The molecule has 2 rings (SSSR count). The van der Waals surface area contributed by atoms with Gasteiger partial charge in [0.25, 0.3) is 5.69 Å². The normalized spacial score (nSPS) is 11.2. The molecule has 0 saturated heterocycles. The van der Waals surface area contributed by atoms with Crippen molar-refractivity contribution in [2.24, 2.45) is 0 Å². The van der Waals surface area contributed by atoms with Crippen LogP contribution in [0.5, 0.6) is 0 Å². The van der Waals surface area contributed by atoms with E-state index in [4.69, 9.17) is 5.11 Å².